The number of fused-ring (bicyclic) bond motifs is 3. The van der Waals surface area contributed by atoms with Crippen molar-refractivity contribution in [3.8, 4) is 11.3 Å². The molecular weight excluding hydrogens is 460 g/mol. The zero-order chi connectivity index (χ0) is 25.8. The van der Waals surface area contributed by atoms with Crippen LogP contribution in [0.1, 0.15) is 47.7 Å². The summed E-state index contributed by atoms with van der Waals surface area (Å²) < 4.78 is 6.96. The molecule has 4 N–H and O–H groups in total. The molecule has 1 aliphatic rings. The van der Waals surface area contributed by atoms with Crippen molar-refractivity contribution in [1.29, 1.82) is 0 Å². The monoisotopic (exact) mass is 490 g/mol. The van der Waals surface area contributed by atoms with Gasteiger partial charge in [-0.05, 0) is 80.1 Å². The Hall–Kier alpha value is -3.98. The number of methoxy groups -OCH3 is 1. The summed E-state index contributed by atoms with van der Waals surface area (Å²) in [6.45, 7) is 2.36. The van der Waals surface area contributed by atoms with Crippen molar-refractivity contribution in [1.82, 2.24) is 14.5 Å². The SMILES string of the molecule is CC(=O)O.COC(=O)c1ccc2c(c1)c(-c1nc3cc4c(cc3[nH]c1=O)CCCC4)cn2CCCN. The molecule has 0 aliphatic heterocycles. The second kappa shape index (κ2) is 10.7. The lowest BCUT2D eigenvalue weighted by atomic mass is 9.91. The average Bonchev–Trinajstić information content (AvgIpc) is 3.22. The fourth-order valence-electron chi connectivity index (χ4n) is 4.68. The predicted molar refractivity (Wildman–Crippen MR) is 138 cm³/mol. The molecule has 0 fully saturated rings. The van der Waals surface area contributed by atoms with Crippen LogP contribution in [0.15, 0.2) is 41.3 Å². The maximum absolute atomic E-state index is 13.1. The number of nitrogens with zero attached hydrogens (tertiary/aromatic N) is 2. The standard InChI is InChI=1S/C25H26N4O3.C2H4O2/c1-32-25(31)17-7-8-22-18(11-17)19(14-29(22)10-4-9-26)23-24(30)28-21-13-16-6-3-2-5-15(16)12-20(21)27-23;1-2(3)4/h7-8,11-14H,2-6,9-10,26H2,1H3,(H,28,30);1H3,(H,3,4). The quantitative estimate of drug-likeness (QED) is 0.363. The van der Waals surface area contributed by atoms with Crippen LogP contribution in [-0.4, -0.2) is 45.2 Å². The molecule has 0 saturated carbocycles. The van der Waals surface area contributed by atoms with E-state index in [2.05, 4.69) is 21.7 Å². The van der Waals surface area contributed by atoms with Gasteiger partial charge in [-0.1, -0.05) is 0 Å². The molecule has 4 aromatic rings. The lowest BCUT2D eigenvalue weighted by Gasteiger charge is -2.16. The fraction of sp³-hybridized carbons (Fsp3) is 0.333. The smallest absolute Gasteiger partial charge is 0.337 e. The minimum atomic E-state index is -0.833. The second-order valence-corrected chi connectivity index (χ2v) is 8.88. The van der Waals surface area contributed by atoms with Gasteiger partial charge in [0.25, 0.3) is 11.5 Å². The van der Waals surface area contributed by atoms with Gasteiger partial charge < -0.3 is 25.1 Å². The summed E-state index contributed by atoms with van der Waals surface area (Å²) in [7, 11) is 1.36. The van der Waals surface area contributed by atoms with Crippen molar-refractivity contribution in [3.05, 3.63) is 63.6 Å². The van der Waals surface area contributed by atoms with Crippen molar-refractivity contribution in [2.75, 3.05) is 13.7 Å². The number of carbonyl (C=O) groups excluding carboxylic acids is 1. The first-order chi connectivity index (χ1) is 17.3. The number of hydrogen-bond donors (Lipinski definition) is 3. The molecule has 36 heavy (non-hydrogen) atoms. The van der Waals surface area contributed by atoms with Crippen LogP contribution in [0.2, 0.25) is 0 Å². The Morgan fingerprint density at radius 2 is 1.86 bits per heavy atom. The van der Waals surface area contributed by atoms with E-state index in [1.54, 1.807) is 12.1 Å². The summed E-state index contributed by atoms with van der Waals surface area (Å²) in [6, 6.07) is 9.57. The highest BCUT2D eigenvalue weighted by molar-refractivity contribution is 6.01. The predicted octanol–water partition coefficient (Wildman–Crippen LogP) is 3.65. The van der Waals surface area contributed by atoms with Crippen LogP contribution in [0, 0.1) is 0 Å². The van der Waals surface area contributed by atoms with Crippen molar-refractivity contribution in [2.24, 2.45) is 5.73 Å². The van der Waals surface area contributed by atoms with Gasteiger partial charge in [-0.2, -0.15) is 0 Å². The Morgan fingerprint density at radius 1 is 1.17 bits per heavy atom. The van der Waals surface area contributed by atoms with E-state index in [4.69, 9.17) is 25.4 Å². The number of carboxylic acid groups (broad SMARTS) is 1. The van der Waals surface area contributed by atoms with Crippen LogP contribution in [-0.2, 0) is 28.9 Å². The number of H-pyrrole nitrogens is 1. The Morgan fingerprint density at radius 3 is 2.53 bits per heavy atom. The number of aromatic amines is 1. The normalized spacial score (nSPS) is 12.6. The number of carbonyl (C=O) groups is 2. The van der Waals surface area contributed by atoms with Crippen LogP contribution in [0.5, 0.6) is 0 Å². The number of rotatable bonds is 5. The highest BCUT2D eigenvalue weighted by Gasteiger charge is 2.19. The number of benzene rings is 2. The Bertz CT molecular complexity index is 1500. The van der Waals surface area contributed by atoms with Gasteiger partial charge >= 0.3 is 5.97 Å². The van der Waals surface area contributed by atoms with E-state index in [0.717, 1.165) is 48.1 Å². The average molecular weight is 491 g/mol. The molecule has 0 amide bonds. The summed E-state index contributed by atoms with van der Waals surface area (Å²) >= 11 is 0. The Kier molecular flexibility index (Phi) is 7.49. The molecule has 9 heteroatoms. The highest BCUT2D eigenvalue weighted by Crippen LogP contribution is 2.31. The number of aryl methyl sites for hydroxylation is 3. The summed E-state index contributed by atoms with van der Waals surface area (Å²) in [4.78, 5) is 42.1. The van der Waals surface area contributed by atoms with E-state index < -0.39 is 11.9 Å². The maximum Gasteiger partial charge on any atom is 0.337 e. The minimum Gasteiger partial charge on any atom is -0.481 e. The third-order valence-electron chi connectivity index (χ3n) is 6.32. The summed E-state index contributed by atoms with van der Waals surface area (Å²) in [6.07, 6.45) is 7.18. The zero-order valence-corrected chi connectivity index (χ0v) is 20.5. The molecule has 0 saturated heterocycles. The summed E-state index contributed by atoms with van der Waals surface area (Å²) in [5.41, 5.74) is 12.1. The molecule has 0 radical (unpaired) electrons. The van der Waals surface area contributed by atoms with E-state index in [-0.39, 0.29) is 5.56 Å². The number of ether oxygens (including phenoxy) is 1. The summed E-state index contributed by atoms with van der Waals surface area (Å²) in [5, 5.41) is 8.21. The first-order valence-corrected chi connectivity index (χ1v) is 12.0. The molecule has 2 aromatic heterocycles. The Balaban J connectivity index is 0.000000709. The first kappa shape index (κ1) is 25.1. The maximum atomic E-state index is 13.1. The number of aromatic nitrogens is 3. The molecule has 0 spiro atoms. The van der Waals surface area contributed by atoms with Gasteiger partial charge in [-0.3, -0.25) is 9.59 Å². The van der Waals surface area contributed by atoms with Gasteiger partial charge in [0.2, 0.25) is 0 Å². The van der Waals surface area contributed by atoms with Gasteiger partial charge in [0.1, 0.15) is 5.69 Å². The number of aliphatic carboxylic acids is 1. The van der Waals surface area contributed by atoms with E-state index in [1.807, 2.05) is 12.3 Å². The van der Waals surface area contributed by atoms with Crippen LogP contribution < -0.4 is 11.3 Å². The largest absolute Gasteiger partial charge is 0.481 e. The topological polar surface area (TPSA) is 140 Å². The minimum absolute atomic E-state index is 0.241. The lowest BCUT2D eigenvalue weighted by Crippen LogP contribution is -2.13. The number of esters is 1. The second-order valence-electron chi connectivity index (χ2n) is 8.88. The van der Waals surface area contributed by atoms with Crippen molar-refractivity contribution in [2.45, 2.75) is 45.6 Å². The van der Waals surface area contributed by atoms with Crippen molar-refractivity contribution >= 4 is 33.9 Å². The van der Waals surface area contributed by atoms with Gasteiger partial charge in [0.15, 0.2) is 0 Å². The molecular formula is C27H30N4O5. The van der Waals surface area contributed by atoms with Gasteiger partial charge in [-0.25, -0.2) is 9.78 Å². The molecule has 2 heterocycles. The van der Waals surface area contributed by atoms with Gasteiger partial charge in [-0.15, -0.1) is 0 Å². The van der Waals surface area contributed by atoms with E-state index >= 15 is 0 Å². The molecule has 0 unspecified atom stereocenters. The van der Waals surface area contributed by atoms with Gasteiger partial charge in [0.05, 0.1) is 23.7 Å². The molecule has 9 nitrogen and oxygen atoms in total. The van der Waals surface area contributed by atoms with E-state index in [1.165, 1.54) is 31.1 Å². The third-order valence-corrected chi connectivity index (χ3v) is 6.32. The molecule has 188 valence electrons. The van der Waals surface area contributed by atoms with E-state index in [9.17, 15) is 9.59 Å². The van der Waals surface area contributed by atoms with Crippen LogP contribution >= 0.6 is 0 Å². The molecule has 0 atom stereocenters. The number of nitrogens with two attached hydrogens (primary N) is 1. The van der Waals surface area contributed by atoms with Crippen LogP contribution in [0.3, 0.4) is 0 Å². The van der Waals surface area contributed by atoms with Crippen molar-refractivity contribution < 1.29 is 19.4 Å². The molecule has 2 aromatic carbocycles. The third kappa shape index (κ3) is 5.16. The molecule has 5 rings (SSSR count). The zero-order valence-electron chi connectivity index (χ0n) is 20.5. The van der Waals surface area contributed by atoms with E-state index in [0.29, 0.717) is 29.9 Å². The van der Waals surface area contributed by atoms with Crippen LogP contribution in [0.4, 0.5) is 0 Å². The van der Waals surface area contributed by atoms with Crippen molar-refractivity contribution in [3.63, 3.8) is 0 Å². The number of hydrogen-bond acceptors (Lipinski definition) is 6. The first-order valence-electron chi connectivity index (χ1n) is 12.0. The number of carboxylic acids is 1. The lowest BCUT2D eigenvalue weighted by molar-refractivity contribution is -0.134. The molecule has 1 aliphatic carbocycles. The summed E-state index contributed by atoms with van der Waals surface area (Å²) in [5.74, 6) is -1.25. The number of nitrogens with one attached hydrogen (secondary N) is 1. The van der Waals surface area contributed by atoms with Gasteiger partial charge in [0, 0.05) is 36.1 Å². The Labute approximate surface area is 207 Å². The fourth-order valence-corrected chi connectivity index (χ4v) is 4.68. The molecule has 0 bridgehead atoms. The highest BCUT2D eigenvalue weighted by atomic mass is 16.5. The van der Waals surface area contributed by atoms with Crippen LogP contribution in [0.25, 0.3) is 33.2 Å².